The zero-order valence-corrected chi connectivity index (χ0v) is 7.08. The zero-order chi connectivity index (χ0) is 8.43. The second kappa shape index (κ2) is 3.05. The van der Waals surface area contributed by atoms with Gasteiger partial charge in [-0.05, 0) is 26.7 Å². The fourth-order valence-electron chi connectivity index (χ4n) is 1.35. The van der Waals surface area contributed by atoms with Gasteiger partial charge in [0.15, 0.2) is 0 Å². The SMILES string of the molecule is C=CN1CCC(N(C)C)C1=O. The number of likely N-dealkylation sites (N-methyl/N-ethyl adjacent to an activating group) is 1. The van der Waals surface area contributed by atoms with Gasteiger partial charge >= 0.3 is 0 Å². The van der Waals surface area contributed by atoms with Gasteiger partial charge in [-0.1, -0.05) is 6.58 Å². The Bertz CT molecular complexity index is 177. The molecular formula is C8H14N2O. The van der Waals surface area contributed by atoms with Crippen molar-refractivity contribution in [2.24, 2.45) is 0 Å². The largest absolute Gasteiger partial charge is 0.318 e. The zero-order valence-electron chi connectivity index (χ0n) is 7.08. The summed E-state index contributed by atoms with van der Waals surface area (Å²) >= 11 is 0. The number of likely N-dealkylation sites (tertiary alicyclic amines) is 1. The van der Waals surface area contributed by atoms with Crippen LogP contribution in [-0.4, -0.2) is 42.4 Å². The Balaban J connectivity index is 2.62. The number of hydrogen-bond acceptors (Lipinski definition) is 2. The van der Waals surface area contributed by atoms with Gasteiger partial charge in [0.25, 0.3) is 0 Å². The molecule has 1 amide bonds. The standard InChI is InChI=1S/C8H14N2O/c1-4-10-6-5-7(8(10)11)9(2)3/h4,7H,1,5-6H2,2-3H3. The molecule has 1 heterocycles. The molecule has 0 aliphatic carbocycles. The average Bonchev–Trinajstić information content (AvgIpc) is 2.30. The lowest BCUT2D eigenvalue weighted by molar-refractivity contribution is -0.129. The Kier molecular flexibility index (Phi) is 2.29. The first kappa shape index (κ1) is 8.27. The van der Waals surface area contributed by atoms with Crippen LogP contribution in [0, 0.1) is 0 Å². The molecule has 0 aromatic rings. The molecule has 0 aromatic carbocycles. The molecule has 0 spiro atoms. The van der Waals surface area contributed by atoms with Crippen molar-refractivity contribution in [1.29, 1.82) is 0 Å². The van der Waals surface area contributed by atoms with Crippen molar-refractivity contribution >= 4 is 5.91 Å². The van der Waals surface area contributed by atoms with Crippen LogP contribution in [0.3, 0.4) is 0 Å². The van der Waals surface area contributed by atoms with Gasteiger partial charge in [-0.2, -0.15) is 0 Å². The van der Waals surface area contributed by atoms with Crippen LogP contribution in [0.15, 0.2) is 12.8 Å². The maximum Gasteiger partial charge on any atom is 0.243 e. The van der Waals surface area contributed by atoms with Gasteiger partial charge in [-0.25, -0.2) is 0 Å². The van der Waals surface area contributed by atoms with Crippen LogP contribution in [0.1, 0.15) is 6.42 Å². The van der Waals surface area contributed by atoms with Crippen LogP contribution in [-0.2, 0) is 4.79 Å². The number of amides is 1. The van der Waals surface area contributed by atoms with Crippen molar-refractivity contribution in [1.82, 2.24) is 9.80 Å². The molecule has 1 fully saturated rings. The minimum atomic E-state index is 0.0630. The first-order valence-corrected chi connectivity index (χ1v) is 3.76. The summed E-state index contributed by atoms with van der Waals surface area (Å²) in [6.07, 6.45) is 2.52. The molecule has 1 saturated heterocycles. The highest BCUT2D eigenvalue weighted by Gasteiger charge is 2.31. The third-order valence-corrected chi connectivity index (χ3v) is 2.06. The molecule has 1 atom stereocenters. The lowest BCUT2D eigenvalue weighted by atomic mass is 10.2. The first-order chi connectivity index (χ1) is 5.16. The first-order valence-electron chi connectivity index (χ1n) is 3.76. The van der Waals surface area contributed by atoms with E-state index in [4.69, 9.17) is 0 Å². The highest BCUT2D eigenvalue weighted by atomic mass is 16.2. The topological polar surface area (TPSA) is 23.6 Å². The van der Waals surface area contributed by atoms with E-state index in [1.807, 2.05) is 19.0 Å². The normalized spacial score (nSPS) is 24.8. The molecule has 1 unspecified atom stereocenters. The Morgan fingerprint density at radius 2 is 2.36 bits per heavy atom. The maximum absolute atomic E-state index is 11.4. The van der Waals surface area contributed by atoms with Gasteiger partial charge in [0.1, 0.15) is 0 Å². The molecule has 1 aliphatic rings. The Hall–Kier alpha value is -0.830. The van der Waals surface area contributed by atoms with Crippen molar-refractivity contribution in [3.8, 4) is 0 Å². The van der Waals surface area contributed by atoms with Crippen LogP contribution in [0.2, 0.25) is 0 Å². The van der Waals surface area contributed by atoms with Crippen LogP contribution in [0.4, 0.5) is 0 Å². The summed E-state index contributed by atoms with van der Waals surface area (Å²) in [4.78, 5) is 15.0. The van der Waals surface area contributed by atoms with E-state index in [-0.39, 0.29) is 11.9 Å². The number of hydrogen-bond donors (Lipinski definition) is 0. The second-order valence-electron chi connectivity index (χ2n) is 2.98. The van der Waals surface area contributed by atoms with Crippen molar-refractivity contribution in [2.75, 3.05) is 20.6 Å². The van der Waals surface area contributed by atoms with E-state index >= 15 is 0 Å². The number of nitrogens with zero attached hydrogens (tertiary/aromatic N) is 2. The molecule has 62 valence electrons. The Labute approximate surface area is 67.3 Å². The monoisotopic (exact) mass is 154 g/mol. The van der Waals surface area contributed by atoms with Gasteiger partial charge < -0.3 is 4.90 Å². The van der Waals surface area contributed by atoms with E-state index in [9.17, 15) is 4.79 Å². The van der Waals surface area contributed by atoms with Crippen LogP contribution >= 0.6 is 0 Å². The van der Waals surface area contributed by atoms with Gasteiger partial charge in [-0.3, -0.25) is 9.69 Å². The molecule has 11 heavy (non-hydrogen) atoms. The molecule has 1 rings (SSSR count). The van der Waals surface area contributed by atoms with E-state index < -0.39 is 0 Å². The fraction of sp³-hybridized carbons (Fsp3) is 0.625. The van der Waals surface area contributed by atoms with Crippen molar-refractivity contribution in [3.63, 3.8) is 0 Å². The van der Waals surface area contributed by atoms with E-state index in [0.29, 0.717) is 0 Å². The molecular weight excluding hydrogens is 140 g/mol. The Morgan fingerprint density at radius 3 is 2.64 bits per heavy atom. The lowest BCUT2D eigenvalue weighted by Crippen LogP contribution is -2.35. The summed E-state index contributed by atoms with van der Waals surface area (Å²) in [5, 5.41) is 0. The predicted octanol–water partition coefficient (Wildman–Crippen LogP) is 0.292. The third-order valence-electron chi connectivity index (χ3n) is 2.06. The molecule has 0 bridgehead atoms. The summed E-state index contributed by atoms with van der Waals surface area (Å²) < 4.78 is 0. The highest BCUT2D eigenvalue weighted by Crippen LogP contribution is 2.14. The molecule has 3 nitrogen and oxygen atoms in total. The quantitative estimate of drug-likeness (QED) is 0.571. The van der Waals surface area contributed by atoms with Crippen molar-refractivity contribution in [3.05, 3.63) is 12.8 Å². The molecule has 3 heteroatoms. The minimum absolute atomic E-state index is 0.0630. The van der Waals surface area contributed by atoms with Crippen molar-refractivity contribution < 1.29 is 4.79 Å². The number of carbonyl (C=O) groups is 1. The van der Waals surface area contributed by atoms with Crippen molar-refractivity contribution in [2.45, 2.75) is 12.5 Å². The smallest absolute Gasteiger partial charge is 0.243 e. The summed E-state index contributed by atoms with van der Waals surface area (Å²) in [5.74, 6) is 0.171. The van der Waals surface area contributed by atoms with E-state index in [2.05, 4.69) is 6.58 Å². The third kappa shape index (κ3) is 1.43. The summed E-state index contributed by atoms with van der Waals surface area (Å²) in [5.41, 5.74) is 0. The van der Waals surface area contributed by atoms with Gasteiger partial charge in [0.2, 0.25) is 5.91 Å². The lowest BCUT2D eigenvalue weighted by Gasteiger charge is -2.16. The number of carbonyl (C=O) groups excluding carboxylic acids is 1. The molecule has 0 aromatic heterocycles. The average molecular weight is 154 g/mol. The molecule has 0 saturated carbocycles. The Morgan fingerprint density at radius 1 is 1.73 bits per heavy atom. The summed E-state index contributed by atoms with van der Waals surface area (Å²) in [6, 6.07) is 0.0630. The highest BCUT2D eigenvalue weighted by molar-refractivity contribution is 5.84. The molecule has 0 radical (unpaired) electrons. The second-order valence-corrected chi connectivity index (χ2v) is 2.98. The van der Waals surface area contributed by atoms with E-state index in [1.165, 1.54) is 0 Å². The van der Waals surface area contributed by atoms with Crippen LogP contribution < -0.4 is 0 Å². The van der Waals surface area contributed by atoms with E-state index in [0.717, 1.165) is 13.0 Å². The predicted molar refractivity (Wildman–Crippen MR) is 44.0 cm³/mol. The molecule has 0 N–H and O–H groups in total. The van der Waals surface area contributed by atoms with Gasteiger partial charge in [-0.15, -0.1) is 0 Å². The maximum atomic E-state index is 11.4. The van der Waals surface area contributed by atoms with Crippen LogP contribution in [0.5, 0.6) is 0 Å². The van der Waals surface area contributed by atoms with Crippen LogP contribution in [0.25, 0.3) is 0 Å². The number of rotatable bonds is 2. The summed E-state index contributed by atoms with van der Waals surface area (Å²) in [7, 11) is 3.85. The fourth-order valence-corrected chi connectivity index (χ4v) is 1.35. The van der Waals surface area contributed by atoms with Gasteiger partial charge in [0.05, 0.1) is 6.04 Å². The summed E-state index contributed by atoms with van der Waals surface area (Å²) in [6.45, 7) is 4.38. The van der Waals surface area contributed by atoms with E-state index in [1.54, 1.807) is 11.1 Å². The molecule has 1 aliphatic heterocycles. The van der Waals surface area contributed by atoms with Gasteiger partial charge in [0, 0.05) is 6.54 Å². The minimum Gasteiger partial charge on any atom is -0.318 e.